The van der Waals surface area contributed by atoms with Crippen molar-refractivity contribution in [2.45, 2.75) is 12.8 Å². The molecular formula is C23H23ClN2O4. The summed E-state index contributed by atoms with van der Waals surface area (Å²) in [5.41, 5.74) is 1.89. The molecule has 0 aliphatic carbocycles. The van der Waals surface area contributed by atoms with E-state index in [0.29, 0.717) is 46.4 Å². The number of rotatable bonds is 5. The summed E-state index contributed by atoms with van der Waals surface area (Å²) < 4.78 is 5.18. The van der Waals surface area contributed by atoms with Gasteiger partial charge in [0.1, 0.15) is 11.4 Å². The Morgan fingerprint density at radius 1 is 1.07 bits per heavy atom. The zero-order valence-corrected chi connectivity index (χ0v) is 17.4. The summed E-state index contributed by atoms with van der Waals surface area (Å²) in [7, 11) is 1.56. The van der Waals surface area contributed by atoms with Gasteiger partial charge in [-0.05, 0) is 60.7 Å². The quantitative estimate of drug-likeness (QED) is 0.742. The van der Waals surface area contributed by atoms with Gasteiger partial charge in [0.15, 0.2) is 0 Å². The number of ether oxygens (including phenoxy) is 1. The molecule has 1 N–H and O–H groups in total. The van der Waals surface area contributed by atoms with Crippen LogP contribution in [0.2, 0.25) is 5.02 Å². The van der Waals surface area contributed by atoms with Crippen LogP contribution in [0.5, 0.6) is 5.75 Å². The number of imide groups is 1. The maximum Gasteiger partial charge on any atom is 0.282 e. The second-order valence-electron chi connectivity index (χ2n) is 7.51. The molecule has 1 saturated heterocycles. The highest BCUT2D eigenvalue weighted by Gasteiger charge is 2.43. The molecule has 0 saturated carbocycles. The molecule has 7 heteroatoms. The fraction of sp³-hybridized carbons (Fsp3) is 0.304. The molecule has 1 fully saturated rings. The molecule has 30 heavy (non-hydrogen) atoms. The Labute approximate surface area is 180 Å². The number of halogens is 1. The van der Waals surface area contributed by atoms with Crippen molar-refractivity contribution in [3.05, 3.63) is 64.8 Å². The first-order chi connectivity index (χ1) is 14.5. The van der Waals surface area contributed by atoms with Gasteiger partial charge in [0, 0.05) is 24.7 Å². The Balaban J connectivity index is 1.78. The highest BCUT2D eigenvalue weighted by molar-refractivity contribution is 6.45. The van der Waals surface area contributed by atoms with Crippen molar-refractivity contribution in [2.75, 3.05) is 31.7 Å². The third kappa shape index (κ3) is 3.68. The number of likely N-dealkylation sites (tertiary alicyclic amines) is 1. The van der Waals surface area contributed by atoms with Crippen LogP contribution in [0.4, 0.5) is 5.69 Å². The van der Waals surface area contributed by atoms with Gasteiger partial charge in [-0.3, -0.25) is 9.59 Å². The lowest BCUT2D eigenvalue weighted by Crippen LogP contribution is -2.40. The van der Waals surface area contributed by atoms with Gasteiger partial charge in [-0.25, -0.2) is 4.90 Å². The van der Waals surface area contributed by atoms with E-state index in [-0.39, 0.29) is 24.3 Å². The van der Waals surface area contributed by atoms with Crippen LogP contribution in [-0.2, 0) is 9.59 Å². The molecule has 156 valence electrons. The van der Waals surface area contributed by atoms with Gasteiger partial charge in [0.25, 0.3) is 11.8 Å². The summed E-state index contributed by atoms with van der Waals surface area (Å²) in [4.78, 5) is 30.1. The van der Waals surface area contributed by atoms with E-state index in [9.17, 15) is 14.7 Å². The molecule has 0 radical (unpaired) electrons. The number of aliphatic hydroxyl groups excluding tert-OH is 1. The topological polar surface area (TPSA) is 70.1 Å². The van der Waals surface area contributed by atoms with Gasteiger partial charge in [-0.1, -0.05) is 23.7 Å². The third-order valence-electron chi connectivity index (χ3n) is 5.62. The largest absolute Gasteiger partial charge is 0.497 e. The van der Waals surface area contributed by atoms with E-state index in [1.807, 2.05) is 4.90 Å². The molecule has 2 aliphatic rings. The van der Waals surface area contributed by atoms with E-state index in [4.69, 9.17) is 16.3 Å². The fourth-order valence-corrected chi connectivity index (χ4v) is 4.20. The minimum Gasteiger partial charge on any atom is -0.497 e. The van der Waals surface area contributed by atoms with Gasteiger partial charge < -0.3 is 14.7 Å². The zero-order valence-electron chi connectivity index (χ0n) is 16.7. The van der Waals surface area contributed by atoms with Crippen LogP contribution < -0.4 is 9.64 Å². The van der Waals surface area contributed by atoms with Crippen molar-refractivity contribution in [1.82, 2.24) is 4.90 Å². The molecule has 1 atom stereocenters. The lowest BCUT2D eigenvalue weighted by atomic mass is 9.97. The molecule has 0 spiro atoms. The van der Waals surface area contributed by atoms with Gasteiger partial charge in [-0.2, -0.15) is 0 Å². The van der Waals surface area contributed by atoms with E-state index in [1.54, 1.807) is 55.6 Å². The Morgan fingerprint density at radius 3 is 2.40 bits per heavy atom. The van der Waals surface area contributed by atoms with Crippen LogP contribution in [0.25, 0.3) is 5.57 Å². The number of hydrogen-bond donors (Lipinski definition) is 1. The number of aliphatic hydroxyl groups is 1. The minimum absolute atomic E-state index is 0.0599. The normalized spacial score (nSPS) is 19.6. The van der Waals surface area contributed by atoms with Gasteiger partial charge >= 0.3 is 0 Å². The first-order valence-corrected chi connectivity index (χ1v) is 10.3. The third-order valence-corrected chi connectivity index (χ3v) is 5.87. The molecule has 2 aromatic carbocycles. The molecular weight excluding hydrogens is 404 g/mol. The predicted octanol–water partition coefficient (Wildman–Crippen LogP) is 3.34. The molecule has 2 heterocycles. The van der Waals surface area contributed by atoms with Crippen molar-refractivity contribution in [2.24, 2.45) is 5.92 Å². The smallest absolute Gasteiger partial charge is 0.282 e. The Kier molecular flexibility index (Phi) is 5.79. The fourth-order valence-electron chi connectivity index (χ4n) is 4.07. The van der Waals surface area contributed by atoms with E-state index >= 15 is 0 Å². The maximum atomic E-state index is 13.5. The van der Waals surface area contributed by atoms with E-state index in [1.165, 1.54) is 4.90 Å². The second-order valence-corrected chi connectivity index (χ2v) is 7.95. The monoisotopic (exact) mass is 426 g/mol. The molecule has 2 aromatic rings. The molecule has 0 aromatic heterocycles. The number of carbonyl (C=O) groups excluding carboxylic acids is 2. The zero-order chi connectivity index (χ0) is 21.3. The molecule has 6 nitrogen and oxygen atoms in total. The van der Waals surface area contributed by atoms with Crippen molar-refractivity contribution >= 4 is 34.7 Å². The van der Waals surface area contributed by atoms with Gasteiger partial charge in [0.05, 0.1) is 18.4 Å². The summed E-state index contributed by atoms with van der Waals surface area (Å²) in [5.74, 6) is 0.00347. The highest BCUT2D eigenvalue weighted by atomic mass is 35.5. The van der Waals surface area contributed by atoms with Crippen LogP contribution in [0.15, 0.2) is 54.2 Å². The lowest BCUT2D eigenvalue weighted by Gasteiger charge is -2.34. The highest BCUT2D eigenvalue weighted by Crippen LogP contribution is 2.37. The number of hydrogen-bond acceptors (Lipinski definition) is 5. The summed E-state index contributed by atoms with van der Waals surface area (Å²) in [6.07, 6.45) is 1.76. The molecule has 1 unspecified atom stereocenters. The van der Waals surface area contributed by atoms with Gasteiger partial charge in [0.2, 0.25) is 0 Å². The summed E-state index contributed by atoms with van der Waals surface area (Å²) in [5, 5.41) is 10.2. The Bertz CT molecular complexity index is 985. The van der Waals surface area contributed by atoms with E-state index in [0.717, 1.165) is 12.8 Å². The molecule has 2 aliphatic heterocycles. The number of carbonyl (C=O) groups is 2. The number of methoxy groups -OCH3 is 1. The summed E-state index contributed by atoms with van der Waals surface area (Å²) in [6, 6.07) is 13.8. The average molecular weight is 427 g/mol. The van der Waals surface area contributed by atoms with Crippen molar-refractivity contribution in [1.29, 1.82) is 0 Å². The predicted molar refractivity (Wildman–Crippen MR) is 115 cm³/mol. The average Bonchev–Trinajstić information content (AvgIpc) is 3.04. The standard InChI is InChI=1S/C23H23ClN2O4/c1-30-19-10-8-18(9-11-19)26-22(28)20(16-4-6-17(24)7-5-16)21(23(26)29)25-12-2-3-15(13-25)14-27/h4-11,15,27H,2-3,12-14H2,1H3. The van der Waals surface area contributed by atoms with Crippen molar-refractivity contribution in [3.8, 4) is 5.75 Å². The molecule has 4 rings (SSSR count). The van der Waals surface area contributed by atoms with E-state index in [2.05, 4.69) is 0 Å². The Morgan fingerprint density at radius 2 is 1.77 bits per heavy atom. The number of piperidine rings is 1. The van der Waals surface area contributed by atoms with Crippen molar-refractivity contribution < 1.29 is 19.4 Å². The second kappa shape index (κ2) is 8.50. The molecule has 2 amide bonds. The SMILES string of the molecule is COc1ccc(N2C(=O)C(c3ccc(Cl)cc3)=C(N3CCCC(CO)C3)C2=O)cc1. The maximum absolute atomic E-state index is 13.5. The summed E-state index contributed by atoms with van der Waals surface area (Å²) >= 11 is 6.03. The van der Waals surface area contributed by atoms with Crippen LogP contribution >= 0.6 is 11.6 Å². The first-order valence-electron chi connectivity index (χ1n) is 9.92. The number of amides is 2. The van der Waals surface area contributed by atoms with Gasteiger partial charge in [-0.15, -0.1) is 0 Å². The van der Waals surface area contributed by atoms with Crippen LogP contribution in [0.1, 0.15) is 18.4 Å². The van der Waals surface area contributed by atoms with Crippen LogP contribution in [0.3, 0.4) is 0 Å². The van der Waals surface area contributed by atoms with Crippen molar-refractivity contribution in [3.63, 3.8) is 0 Å². The molecule has 0 bridgehead atoms. The van der Waals surface area contributed by atoms with Crippen LogP contribution in [-0.4, -0.2) is 48.6 Å². The first kappa shape index (κ1) is 20.4. The van der Waals surface area contributed by atoms with E-state index < -0.39 is 0 Å². The summed E-state index contributed by atoms with van der Waals surface area (Å²) in [6.45, 7) is 1.27. The lowest BCUT2D eigenvalue weighted by molar-refractivity contribution is -0.120. The number of anilines is 1. The number of nitrogens with zero attached hydrogens (tertiary/aromatic N) is 2. The Hall–Kier alpha value is -2.83. The minimum atomic E-state index is -0.367. The van der Waals surface area contributed by atoms with Crippen LogP contribution in [0, 0.1) is 5.92 Å². The number of benzene rings is 2.